The van der Waals surface area contributed by atoms with E-state index in [4.69, 9.17) is 4.74 Å². The van der Waals surface area contributed by atoms with Gasteiger partial charge in [-0.2, -0.15) is 0 Å². The first-order chi connectivity index (χ1) is 9.61. The summed E-state index contributed by atoms with van der Waals surface area (Å²) in [5.41, 5.74) is 0.682. The number of rotatable bonds is 5. The summed E-state index contributed by atoms with van der Waals surface area (Å²) in [6.07, 6.45) is 0. The molecular weight excluding hydrogens is 252 g/mol. The van der Waals surface area contributed by atoms with Crippen molar-refractivity contribution >= 4 is 5.78 Å². The molecule has 1 heterocycles. The molecule has 4 heteroatoms. The normalized spacial score (nSPS) is 17.4. The van der Waals surface area contributed by atoms with E-state index in [0.717, 1.165) is 26.2 Å². The van der Waals surface area contributed by atoms with Gasteiger partial charge in [0.05, 0.1) is 19.2 Å². The van der Waals surface area contributed by atoms with E-state index in [1.807, 2.05) is 24.3 Å². The second-order valence-electron chi connectivity index (χ2n) is 5.53. The number of nitrogens with zero attached hydrogens (tertiary/aromatic N) is 2. The Kier molecular flexibility index (Phi) is 5.15. The number of Topliss-reactive ketones (excluding diaryl/α,β-unsaturated/α-hetero) is 1. The van der Waals surface area contributed by atoms with Gasteiger partial charge >= 0.3 is 0 Å². The zero-order valence-electron chi connectivity index (χ0n) is 12.6. The van der Waals surface area contributed by atoms with Gasteiger partial charge in [-0.25, -0.2) is 0 Å². The van der Waals surface area contributed by atoms with Crippen molar-refractivity contribution in [2.75, 3.05) is 39.8 Å². The van der Waals surface area contributed by atoms with Crippen LogP contribution in [-0.4, -0.2) is 61.5 Å². The molecule has 1 aromatic rings. The minimum Gasteiger partial charge on any atom is -0.496 e. The lowest BCUT2D eigenvalue weighted by Crippen LogP contribution is -2.50. The molecule has 0 amide bonds. The molecule has 0 radical (unpaired) electrons. The zero-order valence-corrected chi connectivity index (χ0v) is 12.6. The first-order valence-corrected chi connectivity index (χ1v) is 7.24. The maximum atomic E-state index is 12.4. The number of carbonyl (C=O) groups is 1. The average molecular weight is 276 g/mol. The highest BCUT2D eigenvalue weighted by molar-refractivity contribution is 6.00. The van der Waals surface area contributed by atoms with Gasteiger partial charge in [-0.15, -0.1) is 0 Å². The number of piperazine rings is 1. The molecule has 1 fully saturated rings. The molecule has 0 unspecified atom stereocenters. The zero-order chi connectivity index (χ0) is 14.5. The number of carbonyl (C=O) groups excluding carboxylic acids is 1. The summed E-state index contributed by atoms with van der Waals surface area (Å²) in [4.78, 5) is 17.1. The number of benzene rings is 1. The van der Waals surface area contributed by atoms with Crippen LogP contribution in [-0.2, 0) is 0 Å². The maximum absolute atomic E-state index is 12.4. The van der Waals surface area contributed by atoms with E-state index < -0.39 is 0 Å². The first kappa shape index (κ1) is 15.0. The van der Waals surface area contributed by atoms with Crippen LogP contribution in [0.4, 0.5) is 0 Å². The number of hydrogen-bond donors (Lipinski definition) is 0. The van der Waals surface area contributed by atoms with E-state index in [0.29, 0.717) is 23.9 Å². The number of methoxy groups -OCH3 is 1. The lowest BCUT2D eigenvalue weighted by atomic mass is 10.1. The van der Waals surface area contributed by atoms with Gasteiger partial charge in [-0.3, -0.25) is 14.6 Å². The Bertz CT molecular complexity index is 452. The van der Waals surface area contributed by atoms with Crippen LogP contribution in [0.2, 0.25) is 0 Å². The summed E-state index contributed by atoms with van der Waals surface area (Å²) in [5, 5.41) is 0. The Balaban J connectivity index is 1.93. The van der Waals surface area contributed by atoms with Crippen molar-refractivity contribution in [3.8, 4) is 5.75 Å². The van der Waals surface area contributed by atoms with Crippen molar-refractivity contribution in [3.63, 3.8) is 0 Å². The summed E-state index contributed by atoms with van der Waals surface area (Å²) in [5.74, 6) is 0.804. The Morgan fingerprint density at radius 2 is 1.85 bits per heavy atom. The third-order valence-corrected chi connectivity index (χ3v) is 3.91. The van der Waals surface area contributed by atoms with E-state index in [-0.39, 0.29) is 5.78 Å². The quantitative estimate of drug-likeness (QED) is 0.769. The SMILES string of the molecule is COc1ccccc1C(=O)CN1CCN(C(C)C)CC1. The molecule has 20 heavy (non-hydrogen) atoms. The molecule has 0 spiro atoms. The summed E-state index contributed by atoms with van der Waals surface area (Å²) in [6.45, 7) is 8.91. The van der Waals surface area contributed by atoms with Crippen LogP contribution in [0.25, 0.3) is 0 Å². The Morgan fingerprint density at radius 1 is 1.20 bits per heavy atom. The summed E-state index contributed by atoms with van der Waals surface area (Å²) in [6, 6.07) is 8.03. The van der Waals surface area contributed by atoms with Gasteiger partial charge < -0.3 is 4.74 Å². The van der Waals surface area contributed by atoms with Crippen molar-refractivity contribution < 1.29 is 9.53 Å². The van der Waals surface area contributed by atoms with E-state index >= 15 is 0 Å². The summed E-state index contributed by atoms with van der Waals surface area (Å²) in [7, 11) is 1.60. The van der Waals surface area contributed by atoms with Gasteiger partial charge in [-0.05, 0) is 26.0 Å². The van der Waals surface area contributed by atoms with E-state index in [2.05, 4.69) is 23.6 Å². The fraction of sp³-hybridized carbons (Fsp3) is 0.562. The molecular formula is C16H24N2O2. The van der Waals surface area contributed by atoms with Crippen LogP contribution in [0.3, 0.4) is 0 Å². The number of ether oxygens (including phenoxy) is 1. The van der Waals surface area contributed by atoms with Gasteiger partial charge in [0.15, 0.2) is 5.78 Å². The summed E-state index contributed by atoms with van der Waals surface area (Å²) < 4.78 is 5.26. The highest BCUT2D eigenvalue weighted by Gasteiger charge is 2.21. The molecule has 0 aromatic heterocycles. The van der Waals surface area contributed by atoms with Gasteiger partial charge in [0.2, 0.25) is 0 Å². The van der Waals surface area contributed by atoms with Crippen LogP contribution in [0, 0.1) is 0 Å². The van der Waals surface area contributed by atoms with Crippen LogP contribution >= 0.6 is 0 Å². The predicted octanol–water partition coefficient (Wildman–Crippen LogP) is 1.90. The van der Waals surface area contributed by atoms with Gasteiger partial charge in [0, 0.05) is 32.2 Å². The lowest BCUT2D eigenvalue weighted by molar-refractivity contribution is 0.0805. The molecule has 1 saturated heterocycles. The molecule has 0 saturated carbocycles. The Hall–Kier alpha value is -1.39. The molecule has 4 nitrogen and oxygen atoms in total. The highest BCUT2D eigenvalue weighted by Crippen LogP contribution is 2.18. The van der Waals surface area contributed by atoms with Crippen molar-refractivity contribution in [1.29, 1.82) is 0 Å². The van der Waals surface area contributed by atoms with Crippen LogP contribution < -0.4 is 4.74 Å². The fourth-order valence-corrected chi connectivity index (χ4v) is 2.60. The number of para-hydroxylation sites is 1. The van der Waals surface area contributed by atoms with Crippen LogP contribution in [0.1, 0.15) is 24.2 Å². The molecule has 1 aromatic carbocycles. The Morgan fingerprint density at radius 3 is 2.45 bits per heavy atom. The third-order valence-electron chi connectivity index (χ3n) is 3.91. The fourth-order valence-electron chi connectivity index (χ4n) is 2.60. The standard InChI is InChI=1S/C16H24N2O2/c1-13(2)18-10-8-17(9-11-18)12-15(19)14-6-4-5-7-16(14)20-3/h4-7,13H,8-12H2,1-3H3. The average Bonchev–Trinajstić information content (AvgIpc) is 2.47. The van der Waals surface area contributed by atoms with E-state index in [1.165, 1.54) is 0 Å². The van der Waals surface area contributed by atoms with Gasteiger partial charge in [-0.1, -0.05) is 12.1 Å². The van der Waals surface area contributed by atoms with Gasteiger partial charge in [0.25, 0.3) is 0 Å². The van der Waals surface area contributed by atoms with Crippen molar-refractivity contribution in [1.82, 2.24) is 9.80 Å². The molecule has 0 bridgehead atoms. The van der Waals surface area contributed by atoms with E-state index in [1.54, 1.807) is 7.11 Å². The van der Waals surface area contributed by atoms with Crippen LogP contribution in [0.5, 0.6) is 5.75 Å². The van der Waals surface area contributed by atoms with E-state index in [9.17, 15) is 4.79 Å². The number of ketones is 1. The molecule has 1 aliphatic heterocycles. The van der Waals surface area contributed by atoms with Crippen molar-refractivity contribution in [3.05, 3.63) is 29.8 Å². The molecule has 2 rings (SSSR count). The molecule has 0 aliphatic carbocycles. The second-order valence-corrected chi connectivity index (χ2v) is 5.53. The maximum Gasteiger partial charge on any atom is 0.180 e. The number of hydrogen-bond acceptors (Lipinski definition) is 4. The minimum atomic E-state index is 0.139. The molecule has 1 aliphatic rings. The largest absolute Gasteiger partial charge is 0.496 e. The highest BCUT2D eigenvalue weighted by atomic mass is 16.5. The topological polar surface area (TPSA) is 32.8 Å². The molecule has 0 N–H and O–H groups in total. The lowest BCUT2D eigenvalue weighted by Gasteiger charge is -2.36. The third kappa shape index (κ3) is 3.58. The predicted molar refractivity (Wildman–Crippen MR) is 80.5 cm³/mol. The monoisotopic (exact) mass is 276 g/mol. The van der Waals surface area contributed by atoms with Gasteiger partial charge in [0.1, 0.15) is 5.75 Å². The summed E-state index contributed by atoms with van der Waals surface area (Å²) >= 11 is 0. The van der Waals surface area contributed by atoms with Crippen molar-refractivity contribution in [2.45, 2.75) is 19.9 Å². The molecule has 110 valence electrons. The second kappa shape index (κ2) is 6.86. The van der Waals surface area contributed by atoms with Crippen LogP contribution in [0.15, 0.2) is 24.3 Å². The smallest absolute Gasteiger partial charge is 0.180 e. The minimum absolute atomic E-state index is 0.139. The first-order valence-electron chi connectivity index (χ1n) is 7.24. The van der Waals surface area contributed by atoms with Crippen molar-refractivity contribution in [2.24, 2.45) is 0 Å². The molecule has 0 atom stereocenters. The Labute approximate surface area is 121 Å².